The summed E-state index contributed by atoms with van der Waals surface area (Å²) in [6, 6.07) is 9.19. The molecule has 0 saturated carbocycles. The minimum atomic E-state index is -0.389. The van der Waals surface area contributed by atoms with E-state index in [2.05, 4.69) is 4.98 Å². The van der Waals surface area contributed by atoms with Crippen LogP contribution in [0.2, 0.25) is 4.34 Å². The highest BCUT2D eigenvalue weighted by Gasteiger charge is 2.21. The fourth-order valence-electron chi connectivity index (χ4n) is 2.05. The smallest absolute Gasteiger partial charge is 0.312 e. The van der Waals surface area contributed by atoms with E-state index in [1.807, 2.05) is 6.92 Å². The van der Waals surface area contributed by atoms with E-state index >= 15 is 0 Å². The highest BCUT2D eigenvalue weighted by Crippen LogP contribution is 2.39. The molecule has 2 aromatic heterocycles. The van der Waals surface area contributed by atoms with Gasteiger partial charge in [0.05, 0.1) is 9.21 Å². The molecule has 24 heavy (non-hydrogen) atoms. The maximum Gasteiger partial charge on any atom is 0.312 e. The summed E-state index contributed by atoms with van der Waals surface area (Å²) in [6.45, 7) is 1.88. The molecule has 0 radical (unpaired) electrons. The van der Waals surface area contributed by atoms with E-state index in [9.17, 15) is 9.18 Å². The van der Waals surface area contributed by atoms with Crippen LogP contribution >= 0.6 is 22.9 Å². The van der Waals surface area contributed by atoms with Gasteiger partial charge in [0.2, 0.25) is 11.7 Å². The normalized spacial score (nSPS) is 10.8. The minimum Gasteiger partial charge on any atom is -0.431 e. The van der Waals surface area contributed by atoms with Gasteiger partial charge in [-0.05, 0) is 42.8 Å². The number of rotatable bonds is 5. The molecular weight excluding hydrogens is 353 g/mol. The SMILES string of the molecule is CCCC(=O)Oc1nc(-c2ccc(F)cc2)oc1-c1ccc(Cl)s1. The summed E-state index contributed by atoms with van der Waals surface area (Å²) in [5.74, 6) is -0.0821. The van der Waals surface area contributed by atoms with Gasteiger partial charge in [0, 0.05) is 12.0 Å². The average Bonchev–Trinajstić information content (AvgIpc) is 3.14. The lowest BCUT2D eigenvalue weighted by molar-refractivity contribution is -0.134. The number of carbonyl (C=O) groups excluding carboxylic acids is 1. The average molecular weight is 366 g/mol. The van der Waals surface area contributed by atoms with Gasteiger partial charge in [-0.15, -0.1) is 11.3 Å². The second-order valence-electron chi connectivity index (χ2n) is 4.99. The molecule has 1 aromatic carbocycles. The first kappa shape index (κ1) is 16.7. The number of carbonyl (C=O) groups is 1. The molecule has 4 nitrogen and oxygen atoms in total. The van der Waals surface area contributed by atoms with E-state index in [-0.39, 0.29) is 30.0 Å². The molecule has 0 aliphatic heterocycles. The molecule has 124 valence electrons. The number of ether oxygens (including phenoxy) is 1. The van der Waals surface area contributed by atoms with E-state index in [1.165, 1.54) is 23.5 Å². The fraction of sp³-hybridized carbons (Fsp3) is 0.176. The highest BCUT2D eigenvalue weighted by molar-refractivity contribution is 7.19. The lowest BCUT2D eigenvalue weighted by Crippen LogP contribution is -2.07. The van der Waals surface area contributed by atoms with Gasteiger partial charge < -0.3 is 9.15 Å². The monoisotopic (exact) mass is 365 g/mol. The van der Waals surface area contributed by atoms with Crippen LogP contribution in [0.5, 0.6) is 5.88 Å². The summed E-state index contributed by atoms with van der Waals surface area (Å²) in [5.41, 5.74) is 0.582. The Morgan fingerprint density at radius 1 is 1.29 bits per heavy atom. The summed E-state index contributed by atoms with van der Waals surface area (Å²) in [7, 11) is 0. The van der Waals surface area contributed by atoms with Crippen molar-refractivity contribution < 1.29 is 18.3 Å². The molecule has 7 heteroatoms. The number of halogens is 2. The van der Waals surface area contributed by atoms with E-state index in [0.29, 0.717) is 27.0 Å². The predicted molar refractivity (Wildman–Crippen MR) is 90.8 cm³/mol. The molecule has 0 aliphatic carbocycles. The maximum absolute atomic E-state index is 13.1. The zero-order valence-corrected chi connectivity index (χ0v) is 14.3. The first-order chi connectivity index (χ1) is 11.6. The topological polar surface area (TPSA) is 52.3 Å². The third-order valence-electron chi connectivity index (χ3n) is 3.15. The lowest BCUT2D eigenvalue weighted by Gasteiger charge is -2.00. The Balaban J connectivity index is 2.01. The van der Waals surface area contributed by atoms with Crippen LogP contribution in [0.15, 0.2) is 40.8 Å². The van der Waals surface area contributed by atoms with Crippen molar-refractivity contribution in [3.8, 4) is 28.0 Å². The van der Waals surface area contributed by atoms with Crippen molar-refractivity contribution in [3.63, 3.8) is 0 Å². The molecular formula is C17H13ClFNO3S. The van der Waals surface area contributed by atoms with Crippen LogP contribution in [-0.2, 0) is 4.79 Å². The molecule has 2 heterocycles. The van der Waals surface area contributed by atoms with Crippen molar-refractivity contribution >= 4 is 28.9 Å². The molecule has 0 saturated heterocycles. The number of benzene rings is 1. The maximum atomic E-state index is 13.1. The molecule has 0 aliphatic rings. The van der Waals surface area contributed by atoms with Gasteiger partial charge in [0.25, 0.3) is 5.88 Å². The number of nitrogens with zero attached hydrogens (tertiary/aromatic N) is 1. The Bertz CT molecular complexity index is 857. The van der Waals surface area contributed by atoms with Gasteiger partial charge in [-0.1, -0.05) is 18.5 Å². The van der Waals surface area contributed by atoms with Crippen LogP contribution in [0.1, 0.15) is 19.8 Å². The Labute approximate surface area is 146 Å². The van der Waals surface area contributed by atoms with E-state index in [1.54, 1.807) is 24.3 Å². The van der Waals surface area contributed by atoms with E-state index < -0.39 is 0 Å². The van der Waals surface area contributed by atoms with Crippen molar-refractivity contribution in [1.29, 1.82) is 0 Å². The first-order valence-corrected chi connectivity index (χ1v) is 8.49. The largest absolute Gasteiger partial charge is 0.431 e. The Morgan fingerprint density at radius 3 is 2.67 bits per heavy atom. The number of aromatic nitrogens is 1. The minimum absolute atomic E-state index is 0.0892. The van der Waals surface area contributed by atoms with Gasteiger partial charge in [0.15, 0.2) is 0 Å². The third kappa shape index (κ3) is 3.66. The van der Waals surface area contributed by atoms with Crippen LogP contribution in [0.25, 0.3) is 22.1 Å². The molecule has 0 bridgehead atoms. The van der Waals surface area contributed by atoms with Crippen LogP contribution in [-0.4, -0.2) is 11.0 Å². The van der Waals surface area contributed by atoms with Gasteiger partial charge in [-0.2, -0.15) is 4.98 Å². The second kappa shape index (κ2) is 7.15. The highest BCUT2D eigenvalue weighted by atomic mass is 35.5. The van der Waals surface area contributed by atoms with Gasteiger partial charge in [0.1, 0.15) is 5.82 Å². The summed E-state index contributed by atoms with van der Waals surface area (Å²) >= 11 is 7.25. The molecule has 0 N–H and O–H groups in total. The zero-order valence-electron chi connectivity index (χ0n) is 12.7. The molecule has 0 spiro atoms. The fourth-order valence-corrected chi connectivity index (χ4v) is 3.06. The number of hydrogen-bond acceptors (Lipinski definition) is 5. The van der Waals surface area contributed by atoms with Crippen molar-refractivity contribution in [3.05, 3.63) is 46.6 Å². The van der Waals surface area contributed by atoms with Crippen LogP contribution in [0.3, 0.4) is 0 Å². The quantitative estimate of drug-likeness (QED) is 0.555. The summed E-state index contributed by atoms with van der Waals surface area (Å²) in [5, 5.41) is 0. The molecule has 0 fully saturated rings. The molecule has 0 amide bonds. The number of hydrogen-bond donors (Lipinski definition) is 0. The van der Waals surface area contributed by atoms with Crippen molar-refractivity contribution in [1.82, 2.24) is 4.98 Å². The Hall–Kier alpha value is -2.18. The predicted octanol–water partition coefficient (Wildman–Crippen LogP) is 5.57. The van der Waals surface area contributed by atoms with E-state index in [4.69, 9.17) is 20.8 Å². The molecule has 3 rings (SSSR count). The standard InChI is InChI=1S/C17H13ClFNO3S/c1-2-3-14(21)22-17-15(12-8-9-13(18)24-12)23-16(20-17)10-4-6-11(19)7-5-10/h4-9H,2-3H2,1H3. The molecule has 0 atom stereocenters. The van der Waals surface area contributed by atoms with Gasteiger partial charge in [-0.25, -0.2) is 4.39 Å². The molecule has 0 unspecified atom stereocenters. The number of thiophene rings is 1. The Kier molecular flexibility index (Phi) is 4.97. The third-order valence-corrected chi connectivity index (χ3v) is 4.38. The second-order valence-corrected chi connectivity index (χ2v) is 6.70. The van der Waals surface area contributed by atoms with Crippen LogP contribution < -0.4 is 4.74 Å². The Morgan fingerprint density at radius 2 is 2.04 bits per heavy atom. The zero-order chi connectivity index (χ0) is 17.1. The number of esters is 1. The van der Waals surface area contributed by atoms with Crippen LogP contribution in [0.4, 0.5) is 4.39 Å². The van der Waals surface area contributed by atoms with E-state index in [0.717, 1.165) is 0 Å². The van der Waals surface area contributed by atoms with Gasteiger partial charge in [-0.3, -0.25) is 4.79 Å². The van der Waals surface area contributed by atoms with Crippen molar-refractivity contribution in [2.24, 2.45) is 0 Å². The lowest BCUT2D eigenvalue weighted by atomic mass is 10.2. The molecule has 3 aromatic rings. The number of oxazole rings is 1. The summed E-state index contributed by atoms with van der Waals surface area (Å²) in [6.07, 6.45) is 0.949. The van der Waals surface area contributed by atoms with Crippen molar-refractivity contribution in [2.45, 2.75) is 19.8 Å². The van der Waals surface area contributed by atoms with Gasteiger partial charge >= 0.3 is 5.97 Å². The first-order valence-electron chi connectivity index (χ1n) is 7.30. The van der Waals surface area contributed by atoms with Crippen molar-refractivity contribution in [2.75, 3.05) is 0 Å². The summed E-state index contributed by atoms with van der Waals surface area (Å²) in [4.78, 5) is 16.8. The summed E-state index contributed by atoms with van der Waals surface area (Å²) < 4.78 is 24.7. The van der Waals surface area contributed by atoms with Crippen LogP contribution in [0, 0.1) is 5.82 Å².